The summed E-state index contributed by atoms with van der Waals surface area (Å²) in [5.41, 5.74) is -0.536. The quantitative estimate of drug-likeness (QED) is 0.650. The monoisotopic (exact) mass is 158 g/mol. The maximum absolute atomic E-state index is 10.8. The van der Waals surface area contributed by atoms with Gasteiger partial charge in [0.05, 0.1) is 12.2 Å². The van der Waals surface area contributed by atoms with E-state index in [-0.39, 0.29) is 12.4 Å². The molecule has 11 heavy (non-hydrogen) atoms. The maximum atomic E-state index is 10.8. The van der Waals surface area contributed by atoms with E-state index < -0.39 is 5.60 Å². The molecule has 1 aliphatic rings. The summed E-state index contributed by atoms with van der Waals surface area (Å²) < 4.78 is 5.33. The van der Waals surface area contributed by atoms with Gasteiger partial charge in [0.1, 0.15) is 5.78 Å². The Balaban J connectivity index is 2.52. The van der Waals surface area contributed by atoms with Gasteiger partial charge >= 0.3 is 0 Å². The first-order valence-corrected chi connectivity index (χ1v) is 3.93. The highest BCUT2D eigenvalue weighted by Crippen LogP contribution is 2.28. The number of aliphatic hydroxyl groups excluding tert-OH is 1. The van der Waals surface area contributed by atoms with Gasteiger partial charge in [-0.1, -0.05) is 0 Å². The molecule has 1 unspecified atom stereocenters. The lowest BCUT2D eigenvalue weighted by atomic mass is 9.95. The Kier molecular flexibility index (Phi) is 2.62. The van der Waals surface area contributed by atoms with E-state index in [9.17, 15) is 4.79 Å². The summed E-state index contributed by atoms with van der Waals surface area (Å²) in [6.07, 6.45) is 2.11. The number of Topliss-reactive ketones (excluding diaryl/α,β-unsaturated/α-hetero) is 1. The first kappa shape index (κ1) is 8.68. The number of ether oxygens (including phenoxy) is 1. The maximum Gasteiger partial charge on any atom is 0.132 e. The van der Waals surface area contributed by atoms with Gasteiger partial charge in [0.25, 0.3) is 0 Å². The average Bonchev–Trinajstić information content (AvgIpc) is 2.36. The number of carbonyl (C=O) groups is 1. The first-order valence-electron chi connectivity index (χ1n) is 3.93. The van der Waals surface area contributed by atoms with Gasteiger partial charge in [0, 0.05) is 13.0 Å². The molecule has 1 rings (SSSR count). The third-order valence-corrected chi connectivity index (χ3v) is 2.04. The van der Waals surface area contributed by atoms with Crippen molar-refractivity contribution in [3.63, 3.8) is 0 Å². The van der Waals surface area contributed by atoms with Crippen LogP contribution in [0.3, 0.4) is 0 Å². The van der Waals surface area contributed by atoms with E-state index in [1.54, 1.807) is 0 Å². The molecule has 0 aromatic carbocycles. The van der Waals surface area contributed by atoms with Crippen LogP contribution < -0.4 is 0 Å². The van der Waals surface area contributed by atoms with Crippen LogP contribution in [-0.2, 0) is 9.53 Å². The Bertz CT molecular complexity index is 147. The Hall–Kier alpha value is -0.410. The summed E-state index contributed by atoms with van der Waals surface area (Å²) in [5.74, 6) is 0.0842. The van der Waals surface area contributed by atoms with Gasteiger partial charge in [-0.15, -0.1) is 0 Å². The SMILES string of the molecule is CC(=O)CC1(CO)CCCO1. The fourth-order valence-electron chi connectivity index (χ4n) is 1.53. The minimum atomic E-state index is -0.536. The lowest BCUT2D eigenvalue weighted by molar-refractivity contribution is -0.125. The Labute approximate surface area is 66.4 Å². The van der Waals surface area contributed by atoms with Crippen molar-refractivity contribution in [3.05, 3.63) is 0 Å². The highest BCUT2D eigenvalue weighted by molar-refractivity contribution is 5.76. The zero-order valence-electron chi connectivity index (χ0n) is 6.80. The van der Waals surface area contributed by atoms with Crippen LogP contribution in [0.5, 0.6) is 0 Å². The molecule has 64 valence electrons. The van der Waals surface area contributed by atoms with Crippen LogP contribution in [0.1, 0.15) is 26.2 Å². The minimum Gasteiger partial charge on any atom is -0.393 e. The predicted octanol–water partition coefficient (Wildman–Crippen LogP) is 0.507. The molecule has 0 amide bonds. The molecule has 1 atom stereocenters. The number of hydrogen-bond donors (Lipinski definition) is 1. The third-order valence-electron chi connectivity index (χ3n) is 2.04. The first-order chi connectivity index (χ1) is 5.18. The van der Waals surface area contributed by atoms with Crippen LogP contribution >= 0.6 is 0 Å². The van der Waals surface area contributed by atoms with Crippen molar-refractivity contribution in [1.82, 2.24) is 0 Å². The lowest BCUT2D eigenvalue weighted by Crippen LogP contribution is -2.34. The predicted molar refractivity (Wildman–Crippen MR) is 40.3 cm³/mol. The molecule has 1 N–H and O–H groups in total. The van der Waals surface area contributed by atoms with E-state index in [1.165, 1.54) is 6.92 Å². The molecule has 0 saturated carbocycles. The van der Waals surface area contributed by atoms with Gasteiger partial charge in [-0.2, -0.15) is 0 Å². The standard InChI is InChI=1S/C8H14O3/c1-7(10)5-8(6-9)3-2-4-11-8/h9H,2-6H2,1H3. The molecular weight excluding hydrogens is 144 g/mol. The second-order valence-corrected chi connectivity index (χ2v) is 3.17. The van der Waals surface area contributed by atoms with Gasteiger partial charge in [0.15, 0.2) is 0 Å². The minimum absolute atomic E-state index is 0.0351. The number of rotatable bonds is 3. The number of hydrogen-bond acceptors (Lipinski definition) is 3. The van der Waals surface area contributed by atoms with E-state index in [1.807, 2.05) is 0 Å². The summed E-state index contributed by atoms with van der Waals surface area (Å²) in [6, 6.07) is 0. The smallest absolute Gasteiger partial charge is 0.132 e. The lowest BCUT2D eigenvalue weighted by Gasteiger charge is -2.23. The van der Waals surface area contributed by atoms with Crippen LogP contribution in [0, 0.1) is 0 Å². The summed E-state index contributed by atoms with van der Waals surface area (Å²) in [7, 11) is 0. The second kappa shape index (κ2) is 3.32. The van der Waals surface area contributed by atoms with Crippen molar-refractivity contribution in [2.75, 3.05) is 13.2 Å². The molecule has 3 nitrogen and oxygen atoms in total. The molecule has 3 heteroatoms. The van der Waals surface area contributed by atoms with E-state index in [4.69, 9.17) is 9.84 Å². The van der Waals surface area contributed by atoms with Gasteiger partial charge in [0.2, 0.25) is 0 Å². The fraction of sp³-hybridized carbons (Fsp3) is 0.875. The van der Waals surface area contributed by atoms with Crippen molar-refractivity contribution in [1.29, 1.82) is 0 Å². The average molecular weight is 158 g/mol. The Morgan fingerprint density at radius 3 is 2.82 bits per heavy atom. The van der Waals surface area contributed by atoms with Gasteiger partial charge in [-0.25, -0.2) is 0 Å². The molecular formula is C8H14O3. The largest absolute Gasteiger partial charge is 0.393 e. The van der Waals surface area contributed by atoms with Crippen LogP contribution in [0.25, 0.3) is 0 Å². The van der Waals surface area contributed by atoms with E-state index in [0.29, 0.717) is 13.0 Å². The highest BCUT2D eigenvalue weighted by Gasteiger charge is 2.35. The molecule has 1 saturated heterocycles. The molecule has 1 fully saturated rings. The second-order valence-electron chi connectivity index (χ2n) is 3.17. The Morgan fingerprint density at radius 1 is 1.73 bits per heavy atom. The molecule has 0 bridgehead atoms. The van der Waals surface area contributed by atoms with Crippen LogP contribution in [0.2, 0.25) is 0 Å². The summed E-state index contributed by atoms with van der Waals surface area (Å²) >= 11 is 0. The van der Waals surface area contributed by atoms with Crippen molar-refractivity contribution in [2.45, 2.75) is 31.8 Å². The number of ketones is 1. The summed E-state index contributed by atoms with van der Waals surface area (Å²) in [4.78, 5) is 10.8. The van der Waals surface area contributed by atoms with E-state index in [2.05, 4.69) is 0 Å². The van der Waals surface area contributed by atoms with Crippen LogP contribution in [0.15, 0.2) is 0 Å². The zero-order chi connectivity index (χ0) is 8.32. The van der Waals surface area contributed by atoms with Crippen molar-refractivity contribution < 1.29 is 14.6 Å². The van der Waals surface area contributed by atoms with Crippen molar-refractivity contribution in [2.24, 2.45) is 0 Å². The molecule has 0 aliphatic carbocycles. The Morgan fingerprint density at radius 2 is 2.45 bits per heavy atom. The van der Waals surface area contributed by atoms with Crippen molar-refractivity contribution >= 4 is 5.78 Å². The van der Waals surface area contributed by atoms with E-state index >= 15 is 0 Å². The van der Waals surface area contributed by atoms with Crippen molar-refractivity contribution in [3.8, 4) is 0 Å². The molecule has 0 radical (unpaired) electrons. The topological polar surface area (TPSA) is 46.5 Å². The molecule has 0 spiro atoms. The molecule has 1 heterocycles. The number of carbonyl (C=O) groups excluding carboxylic acids is 1. The normalized spacial score (nSPS) is 30.7. The highest BCUT2D eigenvalue weighted by atomic mass is 16.5. The van der Waals surface area contributed by atoms with Gasteiger partial charge in [-0.3, -0.25) is 4.79 Å². The van der Waals surface area contributed by atoms with Gasteiger partial charge in [-0.05, 0) is 19.8 Å². The zero-order valence-corrected chi connectivity index (χ0v) is 6.80. The molecule has 0 aromatic heterocycles. The van der Waals surface area contributed by atoms with E-state index in [0.717, 1.165) is 12.8 Å². The fourth-order valence-corrected chi connectivity index (χ4v) is 1.53. The summed E-state index contributed by atoms with van der Waals surface area (Å²) in [6.45, 7) is 2.17. The third kappa shape index (κ3) is 2.01. The number of aliphatic hydroxyl groups is 1. The summed E-state index contributed by atoms with van der Waals surface area (Å²) in [5, 5.41) is 8.99. The molecule has 0 aromatic rings. The van der Waals surface area contributed by atoms with Crippen LogP contribution in [0.4, 0.5) is 0 Å². The van der Waals surface area contributed by atoms with Gasteiger partial charge < -0.3 is 9.84 Å². The van der Waals surface area contributed by atoms with Crippen LogP contribution in [-0.4, -0.2) is 29.7 Å². The molecule has 1 aliphatic heterocycles.